The number of hydrogen-bond donors (Lipinski definition) is 1. The molecule has 9 heteroatoms. The molecule has 8 nitrogen and oxygen atoms in total. The van der Waals surface area contributed by atoms with Gasteiger partial charge in [-0.1, -0.05) is 0 Å². The summed E-state index contributed by atoms with van der Waals surface area (Å²) in [5, 5.41) is 8.93. The Labute approximate surface area is 133 Å². The molecule has 1 aliphatic rings. The average molecular weight is 364 g/mol. The van der Waals surface area contributed by atoms with Crippen LogP contribution in [0.4, 0.5) is 5.95 Å². The minimum atomic E-state index is -0.154. The van der Waals surface area contributed by atoms with Gasteiger partial charge in [-0.2, -0.15) is 15.2 Å². The lowest BCUT2D eigenvalue weighted by atomic mass is 10.3. The maximum atomic E-state index is 12.1. The number of nitrogens with one attached hydrogen (secondary N) is 1. The third kappa shape index (κ3) is 2.12. The second-order valence-corrected chi connectivity index (χ2v) is 6.34. The van der Waals surface area contributed by atoms with E-state index >= 15 is 0 Å². The summed E-state index contributed by atoms with van der Waals surface area (Å²) in [5.41, 5.74) is 0.447. The molecule has 0 saturated carbocycles. The molecule has 0 spiro atoms. The number of rotatable bonds is 2. The third-order valence-electron chi connectivity index (χ3n) is 4.00. The van der Waals surface area contributed by atoms with Gasteiger partial charge in [0.1, 0.15) is 5.39 Å². The molecular formula is C13H14BrN7O. The Balaban J connectivity index is 1.65. The first kappa shape index (κ1) is 13.5. The zero-order valence-electron chi connectivity index (χ0n) is 11.9. The van der Waals surface area contributed by atoms with E-state index in [0.717, 1.165) is 24.0 Å². The van der Waals surface area contributed by atoms with Crippen LogP contribution in [-0.2, 0) is 7.05 Å². The lowest BCUT2D eigenvalue weighted by Crippen LogP contribution is -2.26. The van der Waals surface area contributed by atoms with E-state index in [4.69, 9.17) is 0 Å². The molecule has 4 rings (SSSR count). The van der Waals surface area contributed by atoms with Gasteiger partial charge < -0.3 is 4.90 Å². The molecule has 0 aromatic carbocycles. The van der Waals surface area contributed by atoms with E-state index in [1.807, 2.05) is 10.9 Å². The first-order chi connectivity index (χ1) is 10.6. The summed E-state index contributed by atoms with van der Waals surface area (Å²) < 4.78 is 4.53. The van der Waals surface area contributed by atoms with Crippen LogP contribution in [0.15, 0.2) is 27.9 Å². The molecule has 0 amide bonds. The van der Waals surface area contributed by atoms with Crippen LogP contribution >= 0.6 is 15.9 Å². The molecule has 114 valence electrons. The molecule has 0 bridgehead atoms. The van der Waals surface area contributed by atoms with Crippen LogP contribution in [0.1, 0.15) is 12.5 Å². The van der Waals surface area contributed by atoms with E-state index in [-0.39, 0.29) is 11.6 Å². The number of aryl methyl sites for hydroxylation is 1. The zero-order valence-corrected chi connectivity index (χ0v) is 13.5. The molecule has 22 heavy (non-hydrogen) atoms. The van der Waals surface area contributed by atoms with Gasteiger partial charge in [0.05, 0.1) is 22.9 Å². The normalized spacial score (nSPS) is 18.5. The highest BCUT2D eigenvalue weighted by molar-refractivity contribution is 9.10. The Bertz CT molecular complexity index is 895. The minimum Gasteiger partial charge on any atom is -0.340 e. The third-order valence-corrected chi connectivity index (χ3v) is 4.41. The summed E-state index contributed by atoms with van der Waals surface area (Å²) in [7, 11) is 1.78. The average Bonchev–Trinajstić information content (AvgIpc) is 3.19. The van der Waals surface area contributed by atoms with Crippen LogP contribution in [0.3, 0.4) is 0 Å². The number of hydrogen-bond acceptors (Lipinski definition) is 5. The van der Waals surface area contributed by atoms with Gasteiger partial charge in [-0.3, -0.25) is 19.1 Å². The van der Waals surface area contributed by atoms with Crippen LogP contribution in [-0.4, -0.2) is 42.6 Å². The molecule has 3 aromatic heterocycles. The Morgan fingerprint density at radius 1 is 1.36 bits per heavy atom. The summed E-state index contributed by atoms with van der Waals surface area (Å²) in [6, 6.07) is 0.277. The minimum absolute atomic E-state index is 0.154. The van der Waals surface area contributed by atoms with Crippen molar-refractivity contribution in [2.75, 3.05) is 18.0 Å². The highest BCUT2D eigenvalue weighted by atomic mass is 79.9. The fourth-order valence-electron chi connectivity index (χ4n) is 2.84. The van der Waals surface area contributed by atoms with Crippen LogP contribution in [0.25, 0.3) is 11.0 Å². The van der Waals surface area contributed by atoms with E-state index < -0.39 is 0 Å². The zero-order chi connectivity index (χ0) is 15.3. The SMILES string of the molecule is Cn1ncc2c(=O)[nH]c(N3CCC(n4cc(Br)cn4)C3)nc21. The van der Waals surface area contributed by atoms with Crippen LogP contribution in [0.2, 0.25) is 0 Å². The monoisotopic (exact) mass is 363 g/mol. The topological polar surface area (TPSA) is 84.6 Å². The van der Waals surface area contributed by atoms with Crippen LogP contribution in [0, 0.1) is 0 Å². The fraction of sp³-hybridized carbons (Fsp3) is 0.385. The van der Waals surface area contributed by atoms with Crippen molar-refractivity contribution >= 4 is 32.9 Å². The number of anilines is 1. The maximum absolute atomic E-state index is 12.1. The Morgan fingerprint density at radius 3 is 3.00 bits per heavy atom. The predicted octanol–water partition coefficient (Wildman–Crippen LogP) is 1.07. The second-order valence-electron chi connectivity index (χ2n) is 5.42. The number of fused-ring (bicyclic) bond motifs is 1. The molecule has 1 unspecified atom stereocenters. The van der Waals surface area contributed by atoms with Gasteiger partial charge in [0, 0.05) is 26.3 Å². The van der Waals surface area contributed by atoms with E-state index in [9.17, 15) is 4.79 Å². The Morgan fingerprint density at radius 2 is 2.23 bits per heavy atom. The van der Waals surface area contributed by atoms with Gasteiger partial charge in [-0.15, -0.1) is 0 Å². The predicted molar refractivity (Wildman–Crippen MR) is 84.9 cm³/mol. The molecule has 1 aliphatic heterocycles. The molecule has 1 atom stereocenters. The highest BCUT2D eigenvalue weighted by Gasteiger charge is 2.26. The molecule has 1 N–H and O–H groups in total. The van der Waals surface area contributed by atoms with Gasteiger partial charge in [0.15, 0.2) is 5.65 Å². The number of halogens is 1. The van der Waals surface area contributed by atoms with Gasteiger partial charge >= 0.3 is 0 Å². The number of nitrogens with zero attached hydrogens (tertiary/aromatic N) is 6. The van der Waals surface area contributed by atoms with Gasteiger partial charge in [0.25, 0.3) is 5.56 Å². The summed E-state index contributed by atoms with van der Waals surface area (Å²) in [6.45, 7) is 1.59. The quantitative estimate of drug-likeness (QED) is 0.735. The fourth-order valence-corrected chi connectivity index (χ4v) is 3.14. The van der Waals surface area contributed by atoms with E-state index in [0.29, 0.717) is 17.0 Å². The molecule has 4 heterocycles. The van der Waals surface area contributed by atoms with Crippen molar-refractivity contribution in [2.45, 2.75) is 12.5 Å². The van der Waals surface area contributed by atoms with Crippen molar-refractivity contribution in [2.24, 2.45) is 7.05 Å². The van der Waals surface area contributed by atoms with E-state index in [1.165, 1.54) is 0 Å². The molecular weight excluding hydrogens is 350 g/mol. The van der Waals surface area contributed by atoms with Crippen molar-refractivity contribution in [3.63, 3.8) is 0 Å². The summed E-state index contributed by atoms with van der Waals surface area (Å²) in [5.74, 6) is 0.592. The number of aromatic nitrogens is 6. The smallest absolute Gasteiger partial charge is 0.263 e. The second kappa shape index (κ2) is 4.94. The largest absolute Gasteiger partial charge is 0.340 e. The van der Waals surface area contributed by atoms with Gasteiger partial charge in [0.2, 0.25) is 5.95 Å². The van der Waals surface area contributed by atoms with Crippen molar-refractivity contribution in [1.82, 2.24) is 29.5 Å². The lowest BCUT2D eigenvalue weighted by molar-refractivity contribution is 0.494. The lowest BCUT2D eigenvalue weighted by Gasteiger charge is -2.17. The van der Waals surface area contributed by atoms with E-state index in [2.05, 4.69) is 41.0 Å². The van der Waals surface area contributed by atoms with Crippen LogP contribution < -0.4 is 10.5 Å². The highest BCUT2D eigenvalue weighted by Crippen LogP contribution is 2.25. The molecule has 0 radical (unpaired) electrons. The van der Waals surface area contributed by atoms with Gasteiger partial charge in [-0.25, -0.2) is 0 Å². The first-order valence-electron chi connectivity index (χ1n) is 6.98. The standard InChI is InChI=1S/C13H14BrN7O/c1-19-11-10(5-15-19)12(22)18-13(17-11)20-3-2-9(7-20)21-6-8(14)4-16-21/h4-6,9H,2-3,7H2,1H3,(H,17,18,22). The van der Waals surface area contributed by atoms with Crippen molar-refractivity contribution in [3.05, 3.63) is 33.4 Å². The first-order valence-corrected chi connectivity index (χ1v) is 7.78. The molecule has 0 aliphatic carbocycles. The number of aromatic amines is 1. The van der Waals surface area contributed by atoms with Crippen molar-refractivity contribution in [1.29, 1.82) is 0 Å². The Kier molecular flexibility index (Phi) is 3.03. The van der Waals surface area contributed by atoms with Crippen molar-refractivity contribution in [3.8, 4) is 0 Å². The van der Waals surface area contributed by atoms with Crippen molar-refractivity contribution < 1.29 is 0 Å². The van der Waals surface area contributed by atoms with Crippen LogP contribution in [0.5, 0.6) is 0 Å². The summed E-state index contributed by atoms with van der Waals surface area (Å²) >= 11 is 3.41. The molecule has 1 saturated heterocycles. The summed E-state index contributed by atoms with van der Waals surface area (Å²) in [6.07, 6.45) is 6.25. The van der Waals surface area contributed by atoms with Gasteiger partial charge in [-0.05, 0) is 22.4 Å². The Hall–Kier alpha value is -2.16. The van der Waals surface area contributed by atoms with E-state index in [1.54, 1.807) is 24.1 Å². The molecule has 3 aromatic rings. The number of H-pyrrole nitrogens is 1. The summed E-state index contributed by atoms with van der Waals surface area (Å²) in [4.78, 5) is 21.6. The molecule has 1 fully saturated rings. The maximum Gasteiger partial charge on any atom is 0.263 e.